The molecule has 1 heterocycles. The minimum atomic E-state index is -0.260. The smallest absolute Gasteiger partial charge is 0.234 e. The zero-order chi connectivity index (χ0) is 18.5. The quantitative estimate of drug-likeness (QED) is 0.394. The number of hydrogen-bond acceptors (Lipinski definition) is 6. The molecule has 0 radical (unpaired) electrons. The lowest BCUT2D eigenvalue weighted by Gasteiger charge is -2.10. The van der Waals surface area contributed by atoms with Crippen molar-refractivity contribution >= 4 is 29.1 Å². The molecule has 0 unspecified atom stereocenters. The number of nitrogens with one attached hydrogen (secondary N) is 1. The number of anilines is 1. The summed E-state index contributed by atoms with van der Waals surface area (Å²) in [6, 6.07) is 15.9. The maximum atomic E-state index is 12.7. The molecule has 2 aromatic carbocycles. The summed E-state index contributed by atoms with van der Waals surface area (Å²) in [6.45, 7) is 1.72. The van der Waals surface area contributed by atoms with Crippen LogP contribution in [0.25, 0.3) is 0 Å². The summed E-state index contributed by atoms with van der Waals surface area (Å²) in [4.78, 5) is 25.0. The normalized spacial score (nSPS) is 10.5. The van der Waals surface area contributed by atoms with Gasteiger partial charge in [-0.05, 0) is 19.1 Å². The highest BCUT2D eigenvalue weighted by Gasteiger charge is 2.15. The zero-order valence-electron chi connectivity index (χ0n) is 14.0. The highest BCUT2D eigenvalue weighted by Crippen LogP contribution is 2.20. The minimum Gasteiger partial charge on any atom is -0.336 e. The summed E-state index contributed by atoms with van der Waals surface area (Å²) in [7, 11) is 0. The molecule has 132 valence electrons. The topological polar surface area (TPSA) is 103 Å². The van der Waals surface area contributed by atoms with Gasteiger partial charge in [-0.15, -0.1) is 10.2 Å². The van der Waals surface area contributed by atoms with Crippen molar-refractivity contribution in [3.05, 3.63) is 71.5 Å². The van der Waals surface area contributed by atoms with E-state index in [1.54, 1.807) is 55.5 Å². The standard InChI is InChI=1S/C18H17N5O2S/c1-12-21-22-18(23(12)19)26-11-16(24)20-15-10-6-5-9-14(15)17(25)13-7-3-2-4-8-13/h2-10H,11,19H2,1H3,(H,20,24). The van der Waals surface area contributed by atoms with E-state index in [4.69, 9.17) is 5.84 Å². The molecular weight excluding hydrogens is 350 g/mol. The van der Waals surface area contributed by atoms with Crippen molar-refractivity contribution < 1.29 is 9.59 Å². The van der Waals surface area contributed by atoms with Crippen LogP contribution in [0.5, 0.6) is 0 Å². The maximum absolute atomic E-state index is 12.7. The SMILES string of the molecule is Cc1nnc(SCC(=O)Nc2ccccc2C(=O)c2ccccc2)n1N. The number of amides is 1. The molecule has 0 spiro atoms. The number of carbonyl (C=O) groups is 2. The predicted octanol–water partition coefficient (Wildman–Crippen LogP) is 2.26. The van der Waals surface area contributed by atoms with Crippen LogP contribution in [0.2, 0.25) is 0 Å². The number of nitrogens with zero attached hydrogens (tertiary/aromatic N) is 3. The highest BCUT2D eigenvalue weighted by atomic mass is 32.2. The van der Waals surface area contributed by atoms with Gasteiger partial charge in [0.05, 0.1) is 11.4 Å². The van der Waals surface area contributed by atoms with Crippen molar-refractivity contribution in [3.8, 4) is 0 Å². The molecule has 0 bridgehead atoms. The Morgan fingerprint density at radius 1 is 1.08 bits per heavy atom. The molecule has 3 rings (SSSR count). The Hall–Kier alpha value is -3.13. The molecule has 0 atom stereocenters. The van der Waals surface area contributed by atoms with Crippen LogP contribution in [0.15, 0.2) is 59.8 Å². The molecule has 1 amide bonds. The number of para-hydroxylation sites is 1. The summed E-state index contributed by atoms with van der Waals surface area (Å²) in [5, 5.41) is 11.0. The third-order valence-electron chi connectivity index (χ3n) is 3.65. The predicted molar refractivity (Wildman–Crippen MR) is 101 cm³/mol. The summed E-state index contributed by atoms with van der Waals surface area (Å²) in [5.41, 5.74) is 1.47. The van der Waals surface area contributed by atoms with Gasteiger partial charge in [-0.2, -0.15) is 0 Å². The Kier molecular flexibility index (Phi) is 5.33. The van der Waals surface area contributed by atoms with Crippen molar-refractivity contribution in [1.29, 1.82) is 0 Å². The van der Waals surface area contributed by atoms with Crippen LogP contribution in [0.3, 0.4) is 0 Å². The molecule has 8 heteroatoms. The average Bonchev–Trinajstić information content (AvgIpc) is 2.99. The van der Waals surface area contributed by atoms with Gasteiger partial charge >= 0.3 is 0 Å². The number of carbonyl (C=O) groups excluding carboxylic acids is 2. The average molecular weight is 367 g/mol. The number of nitrogens with two attached hydrogens (primary N) is 1. The number of aryl methyl sites for hydroxylation is 1. The van der Waals surface area contributed by atoms with Gasteiger partial charge in [0.25, 0.3) is 0 Å². The van der Waals surface area contributed by atoms with Gasteiger partial charge in [0.15, 0.2) is 5.78 Å². The van der Waals surface area contributed by atoms with Crippen molar-refractivity contribution in [2.45, 2.75) is 12.1 Å². The van der Waals surface area contributed by atoms with E-state index >= 15 is 0 Å². The second-order valence-electron chi connectivity index (χ2n) is 5.48. The van der Waals surface area contributed by atoms with Gasteiger partial charge in [-0.1, -0.05) is 54.2 Å². The minimum absolute atomic E-state index is 0.100. The fourth-order valence-corrected chi connectivity index (χ4v) is 3.00. The second-order valence-corrected chi connectivity index (χ2v) is 6.42. The lowest BCUT2D eigenvalue weighted by atomic mass is 10.0. The molecule has 0 saturated heterocycles. The van der Waals surface area contributed by atoms with Gasteiger partial charge in [-0.3, -0.25) is 9.59 Å². The second kappa shape index (κ2) is 7.83. The number of benzene rings is 2. The summed E-state index contributed by atoms with van der Waals surface area (Å²) < 4.78 is 1.32. The summed E-state index contributed by atoms with van der Waals surface area (Å²) in [5.74, 6) is 6.02. The molecule has 7 nitrogen and oxygen atoms in total. The van der Waals surface area contributed by atoms with E-state index in [9.17, 15) is 9.59 Å². The van der Waals surface area contributed by atoms with Crippen molar-refractivity contribution in [1.82, 2.24) is 14.9 Å². The van der Waals surface area contributed by atoms with Crippen LogP contribution in [-0.4, -0.2) is 32.3 Å². The first-order valence-electron chi connectivity index (χ1n) is 7.85. The maximum Gasteiger partial charge on any atom is 0.234 e. The first-order valence-corrected chi connectivity index (χ1v) is 8.83. The Morgan fingerprint density at radius 2 is 1.77 bits per heavy atom. The molecule has 3 N–H and O–H groups in total. The van der Waals surface area contributed by atoms with E-state index < -0.39 is 0 Å². The zero-order valence-corrected chi connectivity index (χ0v) is 14.9. The largest absolute Gasteiger partial charge is 0.336 e. The number of rotatable bonds is 6. The van der Waals surface area contributed by atoms with E-state index in [-0.39, 0.29) is 17.4 Å². The number of ketones is 1. The third-order valence-corrected chi connectivity index (χ3v) is 4.59. The van der Waals surface area contributed by atoms with Gasteiger partial charge in [0.1, 0.15) is 5.82 Å². The third kappa shape index (κ3) is 3.92. The van der Waals surface area contributed by atoms with Gasteiger partial charge in [0.2, 0.25) is 11.1 Å². The molecule has 0 aliphatic heterocycles. The Labute approximate surface area is 154 Å². The Morgan fingerprint density at radius 3 is 2.46 bits per heavy atom. The molecular formula is C18H17N5O2S. The molecule has 0 saturated carbocycles. The molecule has 0 aliphatic rings. The van der Waals surface area contributed by atoms with E-state index in [2.05, 4.69) is 15.5 Å². The Bertz CT molecular complexity index is 940. The van der Waals surface area contributed by atoms with Crippen LogP contribution >= 0.6 is 11.8 Å². The van der Waals surface area contributed by atoms with Crippen LogP contribution in [-0.2, 0) is 4.79 Å². The number of thioether (sulfide) groups is 1. The number of hydrogen-bond donors (Lipinski definition) is 2. The highest BCUT2D eigenvalue weighted by molar-refractivity contribution is 7.99. The lowest BCUT2D eigenvalue weighted by molar-refractivity contribution is -0.113. The van der Waals surface area contributed by atoms with Crippen LogP contribution in [0.1, 0.15) is 21.7 Å². The van der Waals surface area contributed by atoms with E-state index in [0.29, 0.717) is 27.8 Å². The van der Waals surface area contributed by atoms with Crippen LogP contribution in [0, 0.1) is 6.92 Å². The first-order chi connectivity index (χ1) is 12.6. The number of nitrogen functional groups attached to an aromatic ring is 1. The van der Waals surface area contributed by atoms with Gasteiger partial charge in [0, 0.05) is 11.1 Å². The Balaban J connectivity index is 1.71. The summed E-state index contributed by atoms with van der Waals surface area (Å²) >= 11 is 1.17. The van der Waals surface area contributed by atoms with Crippen molar-refractivity contribution in [2.24, 2.45) is 0 Å². The fourth-order valence-electron chi connectivity index (χ4n) is 2.30. The van der Waals surface area contributed by atoms with E-state index in [1.807, 2.05) is 6.07 Å². The molecule has 1 aromatic heterocycles. The van der Waals surface area contributed by atoms with Crippen LogP contribution in [0.4, 0.5) is 5.69 Å². The lowest BCUT2D eigenvalue weighted by Crippen LogP contribution is -2.18. The molecule has 26 heavy (non-hydrogen) atoms. The van der Waals surface area contributed by atoms with E-state index in [0.717, 1.165) is 0 Å². The summed E-state index contributed by atoms with van der Waals surface area (Å²) in [6.07, 6.45) is 0. The van der Waals surface area contributed by atoms with Gasteiger partial charge < -0.3 is 11.2 Å². The number of aromatic nitrogens is 3. The van der Waals surface area contributed by atoms with Gasteiger partial charge in [-0.25, -0.2) is 4.68 Å². The van der Waals surface area contributed by atoms with Crippen LogP contribution < -0.4 is 11.2 Å². The van der Waals surface area contributed by atoms with Crippen molar-refractivity contribution in [2.75, 3.05) is 16.9 Å². The first kappa shape index (κ1) is 17.7. The van der Waals surface area contributed by atoms with E-state index in [1.165, 1.54) is 16.4 Å². The molecule has 0 aliphatic carbocycles. The molecule has 3 aromatic rings. The monoisotopic (exact) mass is 367 g/mol. The van der Waals surface area contributed by atoms with Crippen molar-refractivity contribution in [3.63, 3.8) is 0 Å². The fraction of sp³-hybridized carbons (Fsp3) is 0.111. The molecule has 0 fully saturated rings.